The van der Waals surface area contributed by atoms with E-state index in [2.05, 4.69) is 4.98 Å². The summed E-state index contributed by atoms with van der Waals surface area (Å²) in [5.41, 5.74) is 0.173. The quantitative estimate of drug-likeness (QED) is 0.850. The molecule has 1 atom stereocenters. The first-order chi connectivity index (χ1) is 9.66. The second-order valence-corrected chi connectivity index (χ2v) is 5.58. The third kappa shape index (κ3) is 2.31. The first-order valence-electron chi connectivity index (χ1n) is 6.32. The number of carbonyl (C=O) groups is 1. The maximum absolute atomic E-state index is 13.2. The van der Waals surface area contributed by atoms with Crippen LogP contribution in [0.2, 0.25) is 0 Å². The van der Waals surface area contributed by atoms with Crippen molar-refractivity contribution in [2.45, 2.75) is 18.9 Å². The molecule has 1 aliphatic rings. The molecular weight excluding hydrogens is 282 g/mol. The number of halogens is 2. The van der Waals surface area contributed by atoms with E-state index in [1.807, 2.05) is 5.38 Å². The predicted molar refractivity (Wildman–Crippen MR) is 71.5 cm³/mol. The fourth-order valence-electron chi connectivity index (χ4n) is 2.46. The molecule has 0 aliphatic carbocycles. The van der Waals surface area contributed by atoms with Gasteiger partial charge in [0.1, 0.15) is 5.01 Å². The van der Waals surface area contributed by atoms with Gasteiger partial charge in [-0.25, -0.2) is 13.8 Å². The molecule has 3 rings (SSSR count). The zero-order valence-electron chi connectivity index (χ0n) is 10.6. The van der Waals surface area contributed by atoms with Gasteiger partial charge >= 0.3 is 0 Å². The molecule has 2 heterocycles. The number of carbonyl (C=O) groups excluding carboxylic acids is 1. The maximum Gasteiger partial charge on any atom is 0.254 e. The van der Waals surface area contributed by atoms with Crippen LogP contribution in [-0.4, -0.2) is 22.3 Å². The average Bonchev–Trinajstić information content (AvgIpc) is 3.10. The molecule has 0 bridgehead atoms. The largest absolute Gasteiger partial charge is 0.329 e. The van der Waals surface area contributed by atoms with Gasteiger partial charge in [-0.3, -0.25) is 4.79 Å². The van der Waals surface area contributed by atoms with E-state index in [9.17, 15) is 13.6 Å². The first kappa shape index (κ1) is 13.2. The summed E-state index contributed by atoms with van der Waals surface area (Å²) in [7, 11) is 0. The Kier molecular flexibility index (Phi) is 3.48. The van der Waals surface area contributed by atoms with Crippen LogP contribution in [0, 0.1) is 11.6 Å². The highest BCUT2D eigenvalue weighted by atomic mass is 32.1. The molecule has 1 fully saturated rings. The van der Waals surface area contributed by atoms with Crippen molar-refractivity contribution in [2.24, 2.45) is 0 Å². The summed E-state index contributed by atoms with van der Waals surface area (Å²) >= 11 is 1.50. The minimum Gasteiger partial charge on any atom is -0.329 e. The van der Waals surface area contributed by atoms with Gasteiger partial charge in [0.15, 0.2) is 11.6 Å². The second kappa shape index (κ2) is 5.28. The van der Waals surface area contributed by atoms with Crippen LogP contribution in [0.3, 0.4) is 0 Å². The van der Waals surface area contributed by atoms with Gasteiger partial charge in [0.05, 0.1) is 6.04 Å². The average molecular weight is 294 g/mol. The van der Waals surface area contributed by atoms with Crippen LogP contribution < -0.4 is 0 Å². The van der Waals surface area contributed by atoms with Crippen molar-refractivity contribution in [1.82, 2.24) is 9.88 Å². The fourth-order valence-corrected chi connectivity index (χ4v) is 3.25. The number of rotatable bonds is 2. The standard InChI is InChI=1S/C14H12F2N2OS/c15-10-4-3-9(8-11(10)16)14(19)18-6-1-2-12(18)13-17-5-7-20-13/h3-5,7-8,12H,1-2,6H2. The van der Waals surface area contributed by atoms with E-state index in [1.165, 1.54) is 17.4 Å². The molecule has 0 N–H and O–H groups in total. The van der Waals surface area contributed by atoms with Crippen LogP contribution in [0.1, 0.15) is 34.2 Å². The maximum atomic E-state index is 13.2. The number of likely N-dealkylation sites (tertiary alicyclic amines) is 1. The fraction of sp³-hybridized carbons (Fsp3) is 0.286. The predicted octanol–water partition coefficient (Wildman–Crippen LogP) is 3.40. The summed E-state index contributed by atoms with van der Waals surface area (Å²) in [4.78, 5) is 18.4. The summed E-state index contributed by atoms with van der Waals surface area (Å²) in [5.74, 6) is -2.22. The lowest BCUT2D eigenvalue weighted by molar-refractivity contribution is 0.0735. The van der Waals surface area contributed by atoms with Crippen molar-refractivity contribution in [1.29, 1.82) is 0 Å². The molecule has 1 aromatic carbocycles. The molecule has 1 aromatic heterocycles. The zero-order chi connectivity index (χ0) is 14.1. The molecule has 20 heavy (non-hydrogen) atoms. The van der Waals surface area contributed by atoms with Gasteiger partial charge in [0.25, 0.3) is 5.91 Å². The van der Waals surface area contributed by atoms with E-state index in [0.717, 1.165) is 30.0 Å². The Hall–Kier alpha value is -1.82. The van der Waals surface area contributed by atoms with Gasteiger partial charge in [-0.15, -0.1) is 11.3 Å². The monoisotopic (exact) mass is 294 g/mol. The van der Waals surface area contributed by atoms with Crippen LogP contribution in [0.15, 0.2) is 29.8 Å². The summed E-state index contributed by atoms with van der Waals surface area (Å²) in [6.45, 7) is 0.613. The molecule has 1 aliphatic heterocycles. The molecule has 1 amide bonds. The van der Waals surface area contributed by atoms with E-state index in [0.29, 0.717) is 6.54 Å². The highest BCUT2D eigenvalue weighted by Gasteiger charge is 2.32. The molecule has 6 heteroatoms. The van der Waals surface area contributed by atoms with Gasteiger partial charge in [-0.2, -0.15) is 0 Å². The van der Waals surface area contributed by atoms with Crippen molar-refractivity contribution >= 4 is 17.2 Å². The summed E-state index contributed by atoms with van der Waals surface area (Å²) in [5, 5.41) is 2.76. The lowest BCUT2D eigenvalue weighted by atomic mass is 10.1. The van der Waals surface area contributed by atoms with Crippen molar-refractivity contribution in [3.63, 3.8) is 0 Å². The van der Waals surface area contributed by atoms with Crippen molar-refractivity contribution in [2.75, 3.05) is 6.54 Å². The Bertz CT molecular complexity index is 630. The number of thiazole rings is 1. The second-order valence-electron chi connectivity index (χ2n) is 4.66. The van der Waals surface area contributed by atoms with Gasteiger partial charge in [-0.1, -0.05) is 0 Å². The molecular formula is C14H12F2N2OS. The SMILES string of the molecule is O=C(c1ccc(F)c(F)c1)N1CCCC1c1nccs1. The van der Waals surface area contributed by atoms with Crippen LogP contribution in [0.5, 0.6) is 0 Å². The number of hydrogen-bond donors (Lipinski definition) is 0. The Balaban J connectivity index is 1.87. The molecule has 104 valence electrons. The molecule has 3 nitrogen and oxygen atoms in total. The van der Waals surface area contributed by atoms with E-state index >= 15 is 0 Å². The third-order valence-corrected chi connectivity index (χ3v) is 4.29. The number of nitrogens with zero attached hydrogens (tertiary/aromatic N) is 2. The number of hydrogen-bond acceptors (Lipinski definition) is 3. The van der Waals surface area contributed by atoms with Crippen LogP contribution in [0.25, 0.3) is 0 Å². The van der Waals surface area contributed by atoms with Crippen molar-refractivity contribution < 1.29 is 13.6 Å². The van der Waals surface area contributed by atoms with E-state index in [1.54, 1.807) is 11.1 Å². The minimum atomic E-state index is -0.999. The van der Waals surface area contributed by atoms with E-state index in [4.69, 9.17) is 0 Å². The van der Waals surface area contributed by atoms with E-state index < -0.39 is 11.6 Å². The summed E-state index contributed by atoms with van der Waals surface area (Å²) in [6, 6.07) is 3.19. The van der Waals surface area contributed by atoms with Crippen LogP contribution in [0.4, 0.5) is 8.78 Å². The molecule has 0 spiro atoms. The number of benzene rings is 1. The van der Waals surface area contributed by atoms with Gasteiger partial charge in [-0.05, 0) is 31.0 Å². The lowest BCUT2D eigenvalue weighted by Crippen LogP contribution is -2.30. The topological polar surface area (TPSA) is 33.2 Å². The Morgan fingerprint density at radius 1 is 1.35 bits per heavy atom. The number of aromatic nitrogens is 1. The summed E-state index contributed by atoms with van der Waals surface area (Å²) < 4.78 is 26.2. The van der Waals surface area contributed by atoms with Gasteiger partial charge in [0.2, 0.25) is 0 Å². The smallest absolute Gasteiger partial charge is 0.254 e. The molecule has 1 saturated heterocycles. The Labute approximate surface area is 118 Å². The van der Waals surface area contributed by atoms with Gasteiger partial charge < -0.3 is 4.90 Å². The Morgan fingerprint density at radius 2 is 2.20 bits per heavy atom. The third-order valence-electron chi connectivity index (χ3n) is 3.42. The molecule has 0 saturated carbocycles. The lowest BCUT2D eigenvalue weighted by Gasteiger charge is -2.23. The highest BCUT2D eigenvalue weighted by molar-refractivity contribution is 7.09. The Morgan fingerprint density at radius 3 is 2.90 bits per heavy atom. The minimum absolute atomic E-state index is 0.0596. The van der Waals surface area contributed by atoms with Crippen LogP contribution >= 0.6 is 11.3 Å². The van der Waals surface area contributed by atoms with Crippen molar-refractivity contribution in [3.8, 4) is 0 Å². The molecule has 2 aromatic rings. The highest BCUT2D eigenvalue weighted by Crippen LogP contribution is 2.34. The normalized spacial score (nSPS) is 18.5. The van der Waals surface area contributed by atoms with Crippen LogP contribution in [-0.2, 0) is 0 Å². The van der Waals surface area contributed by atoms with Gasteiger partial charge in [0, 0.05) is 23.7 Å². The molecule has 1 unspecified atom stereocenters. The first-order valence-corrected chi connectivity index (χ1v) is 7.20. The number of amides is 1. The molecule has 0 radical (unpaired) electrons. The van der Waals surface area contributed by atoms with Crippen molar-refractivity contribution in [3.05, 3.63) is 52.0 Å². The zero-order valence-corrected chi connectivity index (χ0v) is 11.4. The summed E-state index contributed by atoms with van der Waals surface area (Å²) in [6.07, 6.45) is 3.45. The van der Waals surface area contributed by atoms with E-state index in [-0.39, 0.29) is 17.5 Å².